The van der Waals surface area contributed by atoms with Gasteiger partial charge in [-0.25, -0.2) is 0 Å². The fourth-order valence-corrected chi connectivity index (χ4v) is 2.73. The maximum Gasteiger partial charge on any atom is 0.123 e. The third kappa shape index (κ3) is 3.89. The average Bonchev–Trinajstić information content (AvgIpc) is 2.33. The van der Waals surface area contributed by atoms with Crippen molar-refractivity contribution in [3.05, 3.63) is 28.8 Å². The van der Waals surface area contributed by atoms with Crippen molar-refractivity contribution >= 4 is 11.6 Å². The van der Waals surface area contributed by atoms with E-state index >= 15 is 0 Å². The summed E-state index contributed by atoms with van der Waals surface area (Å²) < 4.78 is 6.13. The summed E-state index contributed by atoms with van der Waals surface area (Å²) in [7, 11) is 0. The van der Waals surface area contributed by atoms with E-state index in [0.717, 1.165) is 22.8 Å². The zero-order valence-corrected chi connectivity index (χ0v) is 11.7. The summed E-state index contributed by atoms with van der Waals surface area (Å²) in [6.45, 7) is 2.01. The van der Waals surface area contributed by atoms with Crippen molar-refractivity contribution in [3.63, 3.8) is 0 Å². The molecule has 1 aromatic rings. The lowest BCUT2D eigenvalue weighted by Gasteiger charge is -2.24. The van der Waals surface area contributed by atoms with Gasteiger partial charge in [-0.3, -0.25) is 0 Å². The second-order valence-electron chi connectivity index (χ2n) is 5.31. The van der Waals surface area contributed by atoms with Crippen LogP contribution < -0.4 is 10.5 Å². The fraction of sp³-hybridized carbons (Fsp3) is 0.600. The molecule has 0 aliphatic heterocycles. The first-order chi connectivity index (χ1) is 8.65. The number of halogens is 1. The smallest absolute Gasteiger partial charge is 0.123 e. The Hall–Kier alpha value is -0.730. The molecule has 0 bridgehead atoms. The van der Waals surface area contributed by atoms with Crippen LogP contribution in [0.3, 0.4) is 0 Å². The number of hydrogen-bond acceptors (Lipinski definition) is 2. The van der Waals surface area contributed by atoms with Gasteiger partial charge in [0.1, 0.15) is 5.75 Å². The van der Waals surface area contributed by atoms with Gasteiger partial charge in [-0.15, -0.1) is 0 Å². The van der Waals surface area contributed by atoms with Gasteiger partial charge in [0, 0.05) is 11.1 Å². The van der Waals surface area contributed by atoms with Gasteiger partial charge in [-0.1, -0.05) is 18.0 Å². The molecule has 18 heavy (non-hydrogen) atoms. The van der Waals surface area contributed by atoms with Crippen LogP contribution in [-0.2, 0) is 6.42 Å². The molecular formula is C15H22ClNO. The molecule has 1 atom stereocenters. The monoisotopic (exact) mass is 267 g/mol. The summed E-state index contributed by atoms with van der Waals surface area (Å²) in [5.41, 5.74) is 7.01. The zero-order valence-electron chi connectivity index (χ0n) is 11.0. The SMILES string of the molecule is CC(N)Cc1cc(Cl)ccc1OC1CCCCC1. The lowest BCUT2D eigenvalue weighted by atomic mass is 9.97. The molecule has 1 aliphatic carbocycles. The quantitative estimate of drug-likeness (QED) is 0.897. The summed E-state index contributed by atoms with van der Waals surface area (Å²) in [6, 6.07) is 5.97. The summed E-state index contributed by atoms with van der Waals surface area (Å²) in [4.78, 5) is 0. The summed E-state index contributed by atoms with van der Waals surface area (Å²) in [5.74, 6) is 0.962. The molecule has 2 rings (SSSR count). The number of ether oxygens (including phenoxy) is 1. The molecule has 0 radical (unpaired) electrons. The van der Waals surface area contributed by atoms with Crippen LogP contribution in [0.4, 0.5) is 0 Å². The highest BCUT2D eigenvalue weighted by Crippen LogP contribution is 2.28. The van der Waals surface area contributed by atoms with Gasteiger partial charge in [0.2, 0.25) is 0 Å². The van der Waals surface area contributed by atoms with Crippen LogP contribution in [0.5, 0.6) is 5.75 Å². The normalized spacial score (nSPS) is 18.6. The van der Waals surface area contributed by atoms with Crippen LogP contribution in [-0.4, -0.2) is 12.1 Å². The van der Waals surface area contributed by atoms with E-state index < -0.39 is 0 Å². The minimum Gasteiger partial charge on any atom is -0.490 e. The van der Waals surface area contributed by atoms with E-state index in [1.807, 2.05) is 25.1 Å². The van der Waals surface area contributed by atoms with E-state index in [2.05, 4.69) is 0 Å². The Kier molecular flexibility index (Phi) is 4.90. The number of benzene rings is 1. The van der Waals surface area contributed by atoms with Gasteiger partial charge >= 0.3 is 0 Å². The Bertz CT molecular complexity index is 386. The molecule has 0 spiro atoms. The van der Waals surface area contributed by atoms with E-state index in [9.17, 15) is 0 Å². The van der Waals surface area contributed by atoms with E-state index in [0.29, 0.717) is 6.10 Å². The lowest BCUT2D eigenvalue weighted by Crippen LogP contribution is -2.22. The van der Waals surface area contributed by atoms with Gasteiger partial charge in [0.15, 0.2) is 0 Å². The van der Waals surface area contributed by atoms with E-state index in [1.54, 1.807) is 0 Å². The molecule has 2 nitrogen and oxygen atoms in total. The van der Waals surface area contributed by atoms with Crippen molar-refractivity contribution in [2.24, 2.45) is 5.73 Å². The van der Waals surface area contributed by atoms with E-state index in [1.165, 1.54) is 32.1 Å². The zero-order chi connectivity index (χ0) is 13.0. The van der Waals surface area contributed by atoms with E-state index in [-0.39, 0.29) is 6.04 Å². The van der Waals surface area contributed by atoms with Crippen LogP contribution in [0.15, 0.2) is 18.2 Å². The van der Waals surface area contributed by atoms with Gasteiger partial charge in [0.05, 0.1) is 6.10 Å². The topological polar surface area (TPSA) is 35.2 Å². The Morgan fingerprint density at radius 1 is 1.33 bits per heavy atom. The van der Waals surface area contributed by atoms with Crippen molar-refractivity contribution in [1.82, 2.24) is 0 Å². The van der Waals surface area contributed by atoms with Crippen LogP contribution in [0.2, 0.25) is 5.02 Å². The largest absolute Gasteiger partial charge is 0.490 e. The molecule has 100 valence electrons. The molecule has 1 unspecified atom stereocenters. The Balaban J connectivity index is 2.09. The Morgan fingerprint density at radius 3 is 2.72 bits per heavy atom. The second-order valence-corrected chi connectivity index (χ2v) is 5.75. The molecule has 1 fully saturated rings. The standard InChI is InChI=1S/C15H22ClNO/c1-11(17)9-12-10-13(16)7-8-15(12)18-14-5-3-2-4-6-14/h7-8,10-11,14H,2-6,9,17H2,1H3. The summed E-state index contributed by atoms with van der Waals surface area (Å²) in [5, 5.41) is 0.752. The Labute approximate surface area is 114 Å². The predicted octanol–water partition coefficient (Wildman–Crippen LogP) is 3.94. The lowest BCUT2D eigenvalue weighted by molar-refractivity contribution is 0.153. The minimum absolute atomic E-state index is 0.122. The molecule has 0 aromatic heterocycles. The second kappa shape index (κ2) is 6.44. The number of hydrogen-bond donors (Lipinski definition) is 1. The van der Waals surface area contributed by atoms with Crippen LogP contribution >= 0.6 is 11.6 Å². The minimum atomic E-state index is 0.122. The first-order valence-electron chi connectivity index (χ1n) is 6.86. The highest BCUT2D eigenvalue weighted by molar-refractivity contribution is 6.30. The summed E-state index contributed by atoms with van der Waals surface area (Å²) >= 11 is 6.05. The molecule has 2 N–H and O–H groups in total. The summed E-state index contributed by atoms with van der Waals surface area (Å²) in [6.07, 6.45) is 7.41. The van der Waals surface area contributed by atoms with Crippen molar-refractivity contribution < 1.29 is 4.74 Å². The third-order valence-electron chi connectivity index (χ3n) is 3.41. The highest BCUT2D eigenvalue weighted by atomic mass is 35.5. The maximum atomic E-state index is 6.13. The molecule has 1 saturated carbocycles. The Morgan fingerprint density at radius 2 is 2.06 bits per heavy atom. The molecular weight excluding hydrogens is 246 g/mol. The van der Waals surface area contributed by atoms with Crippen LogP contribution in [0.25, 0.3) is 0 Å². The first-order valence-corrected chi connectivity index (χ1v) is 7.23. The van der Waals surface area contributed by atoms with Crippen LogP contribution in [0, 0.1) is 0 Å². The molecule has 1 aromatic carbocycles. The van der Waals surface area contributed by atoms with Crippen molar-refractivity contribution in [1.29, 1.82) is 0 Å². The molecule has 0 heterocycles. The predicted molar refractivity (Wildman–Crippen MR) is 76.3 cm³/mol. The van der Waals surface area contributed by atoms with Crippen molar-refractivity contribution in [2.75, 3.05) is 0 Å². The van der Waals surface area contributed by atoms with Crippen LogP contribution in [0.1, 0.15) is 44.6 Å². The molecule has 1 aliphatic rings. The fourth-order valence-electron chi connectivity index (χ4n) is 2.53. The van der Waals surface area contributed by atoms with Gasteiger partial charge in [-0.2, -0.15) is 0 Å². The number of nitrogens with two attached hydrogens (primary N) is 1. The van der Waals surface area contributed by atoms with Crippen molar-refractivity contribution in [2.45, 2.75) is 57.6 Å². The molecule has 3 heteroatoms. The number of rotatable bonds is 4. The average molecular weight is 268 g/mol. The third-order valence-corrected chi connectivity index (χ3v) is 3.65. The van der Waals surface area contributed by atoms with E-state index in [4.69, 9.17) is 22.1 Å². The van der Waals surface area contributed by atoms with Gasteiger partial charge in [0.25, 0.3) is 0 Å². The van der Waals surface area contributed by atoms with Gasteiger partial charge in [-0.05, 0) is 62.8 Å². The highest BCUT2D eigenvalue weighted by Gasteiger charge is 2.17. The molecule has 0 amide bonds. The van der Waals surface area contributed by atoms with Gasteiger partial charge < -0.3 is 10.5 Å². The first kappa shape index (κ1) is 13.7. The molecule has 0 saturated heterocycles. The maximum absolute atomic E-state index is 6.13. The van der Waals surface area contributed by atoms with Crippen molar-refractivity contribution in [3.8, 4) is 5.75 Å².